The van der Waals surface area contributed by atoms with Crippen LogP contribution in [0.5, 0.6) is 17.2 Å². The second-order valence-electron chi connectivity index (χ2n) is 6.39. The maximum atomic E-state index is 13.1. The molecule has 0 bridgehead atoms. The Morgan fingerprint density at radius 1 is 0.963 bits per heavy atom. The minimum atomic E-state index is -3.65. The van der Waals surface area contributed by atoms with Crippen molar-refractivity contribution in [2.75, 3.05) is 33.3 Å². The molecule has 1 aliphatic heterocycles. The average Bonchev–Trinajstić information content (AvgIpc) is 2.61. The molecule has 0 unspecified atom stereocenters. The molecule has 1 fully saturated rings. The van der Waals surface area contributed by atoms with Gasteiger partial charge in [0.25, 0.3) is 0 Å². The monoisotopic (exact) mass is 412 g/mol. The third-order valence-corrected chi connectivity index (χ3v) is 6.21. The van der Waals surface area contributed by atoms with Crippen molar-refractivity contribution in [3.63, 3.8) is 0 Å². The van der Waals surface area contributed by atoms with Crippen LogP contribution in [0.1, 0.15) is 11.1 Å². The summed E-state index contributed by atoms with van der Waals surface area (Å²) in [5, 5.41) is 3.17. The molecule has 1 N–H and O–H groups in total. The number of piperazine rings is 1. The van der Waals surface area contributed by atoms with Crippen LogP contribution in [0.25, 0.3) is 0 Å². The highest BCUT2D eigenvalue weighted by Gasteiger charge is 2.29. The van der Waals surface area contributed by atoms with E-state index in [4.69, 9.17) is 9.47 Å². The molecular weight excluding hydrogens is 388 g/mol. The van der Waals surface area contributed by atoms with Crippen molar-refractivity contribution in [2.24, 2.45) is 0 Å². The lowest BCUT2D eigenvalue weighted by Gasteiger charge is -2.27. The number of benzene rings is 2. The average molecular weight is 413 g/mol. The summed E-state index contributed by atoms with van der Waals surface area (Å²) >= 11 is 0. The molecule has 2 aromatic rings. The number of rotatable bonds is 5. The fourth-order valence-corrected chi connectivity index (χ4v) is 4.59. The number of nitrogens with one attached hydrogen (secondary N) is 1. The summed E-state index contributed by atoms with van der Waals surface area (Å²) in [6.45, 7) is 6.12. The molecular formula is C19H25ClN2O4S. The second-order valence-corrected chi connectivity index (χ2v) is 8.30. The Morgan fingerprint density at radius 2 is 1.59 bits per heavy atom. The first-order valence-electron chi connectivity index (χ1n) is 8.55. The highest BCUT2D eigenvalue weighted by Crippen LogP contribution is 2.34. The molecule has 1 heterocycles. The summed E-state index contributed by atoms with van der Waals surface area (Å²) in [6, 6.07) is 10.6. The molecule has 0 radical (unpaired) electrons. The van der Waals surface area contributed by atoms with Gasteiger partial charge in [-0.2, -0.15) is 4.31 Å². The van der Waals surface area contributed by atoms with E-state index in [0.717, 1.165) is 11.1 Å². The van der Waals surface area contributed by atoms with Crippen molar-refractivity contribution in [3.8, 4) is 17.2 Å². The van der Waals surface area contributed by atoms with Crippen LogP contribution in [0.3, 0.4) is 0 Å². The van der Waals surface area contributed by atoms with Crippen LogP contribution in [0.2, 0.25) is 0 Å². The highest BCUT2D eigenvalue weighted by molar-refractivity contribution is 7.89. The molecule has 0 spiro atoms. The van der Waals surface area contributed by atoms with E-state index in [0.29, 0.717) is 37.7 Å². The Hall–Kier alpha value is -1.80. The largest absolute Gasteiger partial charge is 0.497 e. The molecule has 27 heavy (non-hydrogen) atoms. The van der Waals surface area contributed by atoms with Crippen molar-refractivity contribution < 1.29 is 17.9 Å². The summed E-state index contributed by atoms with van der Waals surface area (Å²) in [5.74, 6) is 1.42. The van der Waals surface area contributed by atoms with Crippen LogP contribution in [-0.4, -0.2) is 46.0 Å². The molecule has 1 aliphatic rings. The van der Waals surface area contributed by atoms with Gasteiger partial charge in [-0.3, -0.25) is 0 Å². The van der Waals surface area contributed by atoms with E-state index in [2.05, 4.69) is 5.32 Å². The Labute approximate surface area is 166 Å². The van der Waals surface area contributed by atoms with Crippen LogP contribution in [-0.2, 0) is 10.0 Å². The quantitative estimate of drug-likeness (QED) is 0.817. The molecule has 0 amide bonds. The van der Waals surface area contributed by atoms with Crippen LogP contribution < -0.4 is 14.8 Å². The maximum absolute atomic E-state index is 13.1. The van der Waals surface area contributed by atoms with Crippen LogP contribution in [0.15, 0.2) is 41.3 Å². The molecule has 8 heteroatoms. The van der Waals surface area contributed by atoms with Crippen molar-refractivity contribution in [1.82, 2.24) is 9.62 Å². The minimum absolute atomic E-state index is 0. The van der Waals surface area contributed by atoms with Gasteiger partial charge < -0.3 is 14.8 Å². The molecule has 6 nitrogen and oxygen atoms in total. The smallest absolute Gasteiger partial charge is 0.246 e. The SMILES string of the molecule is COc1ccc(S(=O)(=O)N2CCNCC2)c(Oc2cc(C)cc(C)c2)c1.Cl. The predicted molar refractivity (Wildman–Crippen MR) is 108 cm³/mol. The minimum Gasteiger partial charge on any atom is -0.497 e. The molecule has 2 aromatic carbocycles. The van der Waals surface area contributed by atoms with E-state index in [-0.39, 0.29) is 23.1 Å². The predicted octanol–water partition coefficient (Wildman–Crippen LogP) is 3.12. The zero-order chi connectivity index (χ0) is 18.7. The fourth-order valence-electron chi connectivity index (χ4n) is 3.05. The van der Waals surface area contributed by atoms with Crippen LogP contribution >= 0.6 is 12.4 Å². The van der Waals surface area contributed by atoms with Crippen molar-refractivity contribution >= 4 is 22.4 Å². The third kappa shape index (κ3) is 4.93. The number of sulfonamides is 1. The first-order chi connectivity index (χ1) is 12.4. The van der Waals surface area contributed by atoms with Crippen LogP contribution in [0, 0.1) is 13.8 Å². The van der Waals surface area contributed by atoms with Crippen molar-refractivity contribution in [2.45, 2.75) is 18.7 Å². The molecule has 0 atom stereocenters. The Bertz CT molecular complexity index is 876. The van der Waals surface area contributed by atoms with Gasteiger partial charge in [0.15, 0.2) is 5.75 Å². The summed E-state index contributed by atoms with van der Waals surface area (Å²) in [7, 11) is -2.10. The Balaban J connectivity index is 0.00000261. The molecule has 0 saturated carbocycles. The van der Waals surface area contributed by atoms with E-state index in [1.807, 2.05) is 32.0 Å². The van der Waals surface area contributed by atoms with Crippen molar-refractivity contribution in [3.05, 3.63) is 47.5 Å². The van der Waals surface area contributed by atoms with Gasteiger partial charge in [0.05, 0.1) is 7.11 Å². The van der Waals surface area contributed by atoms with Gasteiger partial charge in [-0.25, -0.2) is 8.42 Å². The number of halogens is 1. The van der Waals surface area contributed by atoms with E-state index in [1.165, 1.54) is 4.31 Å². The van der Waals surface area contributed by atoms with Gasteiger partial charge in [-0.15, -0.1) is 12.4 Å². The first kappa shape index (κ1) is 21.5. The van der Waals surface area contributed by atoms with Gasteiger partial charge >= 0.3 is 0 Å². The van der Waals surface area contributed by atoms with E-state index >= 15 is 0 Å². The van der Waals surface area contributed by atoms with E-state index in [9.17, 15) is 8.42 Å². The fraction of sp³-hybridized carbons (Fsp3) is 0.368. The zero-order valence-electron chi connectivity index (χ0n) is 15.7. The van der Waals surface area contributed by atoms with Crippen LogP contribution in [0.4, 0.5) is 0 Å². The second kappa shape index (κ2) is 8.93. The van der Waals surface area contributed by atoms with Gasteiger partial charge in [0.1, 0.15) is 16.4 Å². The molecule has 1 saturated heterocycles. The van der Waals surface area contributed by atoms with Gasteiger partial charge in [-0.1, -0.05) is 6.07 Å². The topological polar surface area (TPSA) is 67.9 Å². The molecule has 0 aromatic heterocycles. The van der Waals surface area contributed by atoms with E-state index in [1.54, 1.807) is 25.3 Å². The normalized spacial score (nSPS) is 15.1. The molecule has 3 rings (SSSR count). The zero-order valence-corrected chi connectivity index (χ0v) is 17.3. The summed E-state index contributed by atoms with van der Waals surface area (Å²) in [5.41, 5.74) is 2.10. The number of aryl methyl sites for hydroxylation is 2. The van der Waals surface area contributed by atoms with Gasteiger partial charge in [0.2, 0.25) is 10.0 Å². The molecule has 0 aliphatic carbocycles. The van der Waals surface area contributed by atoms with Crippen molar-refractivity contribution in [1.29, 1.82) is 0 Å². The lowest BCUT2D eigenvalue weighted by molar-refractivity contribution is 0.357. The highest BCUT2D eigenvalue weighted by atomic mass is 35.5. The lowest BCUT2D eigenvalue weighted by atomic mass is 10.1. The number of hydrogen-bond acceptors (Lipinski definition) is 5. The number of nitrogens with zero attached hydrogens (tertiary/aromatic N) is 1. The number of methoxy groups -OCH3 is 1. The first-order valence-corrected chi connectivity index (χ1v) is 9.99. The maximum Gasteiger partial charge on any atom is 0.246 e. The van der Waals surface area contributed by atoms with Gasteiger partial charge in [0, 0.05) is 32.2 Å². The summed E-state index contributed by atoms with van der Waals surface area (Å²) < 4.78 is 38.9. The summed E-state index contributed by atoms with van der Waals surface area (Å²) in [6.07, 6.45) is 0. The molecule has 148 valence electrons. The van der Waals surface area contributed by atoms with Gasteiger partial charge in [-0.05, 0) is 49.2 Å². The standard InChI is InChI=1S/C19H24N2O4S.ClH/c1-14-10-15(2)12-17(11-14)25-18-13-16(24-3)4-5-19(18)26(22,23)21-8-6-20-7-9-21;/h4-5,10-13,20H,6-9H2,1-3H3;1H. The third-order valence-electron chi connectivity index (χ3n) is 4.27. The number of ether oxygens (including phenoxy) is 2. The Kier molecular flexibility index (Phi) is 7.11. The summed E-state index contributed by atoms with van der Waals surface area (Å²) in [4.78, 5) is 0.152. The van der Waals surface area contributed by atoms with E-state index < -0.39 is 10.0 Å². The Morgan fingerprint density at radius 3 is 2.19 bits per heavy atom. The lowest BCUT2D eigenvalue weighted by Crippen LogP contribution is -2.46. The number of hydrogen-bond donors (Lipinski definition) is 1.